The molecule has 1 heterocycles. The van der Waals surface area contributed by atoms with Crippen LogP contribution in [-0.2, 0) is 21.4 Å². The molecular weight excluding hydrogens is 387 g/mol. The van der Waals surface area contributed by atoms with Crippen LogP contribution in [0.5, 0.6) is 5.75 Å². The Kier molecular flexibility index (Phi) is 5.36. The monoisotopic (exact) mass is 404 g/mol. The van der Waals surface area contributed by atoms with E-state index in [1.165, 1.54) is 61.8 Å². The van der Waals surface area contributed by atoms with Crippen molar-refractivity contribution < 1.29 is 27.4 Å². The molecule has 0 saturated carbocycles. The zero-order chi connectivity index (χ0) is 20.3. The summed E-state index contributed by atoms with van der Waals surface area (Å²) in [6, 6.07) is 12.2. The predicted molar refractivity (Wildman–Crippen MR) is 99.8 cm³/mol. The molecule has 2 aromatic carbocycles. The van der Waals surface area contributed by atoms with Gasteiger partial charge in [-0.15, -0.1) is 0 Å². The summed E-state index contributed by atoms with van der Waals surface area (Å²) in [6.45, 7) is -0.195. The highest BCUT2D eigenvalue weighted by molar-refractivity contribution is 7.90. The van der Waals surface area contributed by atoms with E-state index in [2.05, 4.69) is 5.32 Å². The molecule has 0 spiro atoms. The second kappa shape index (κ2) is 7.73. The molecule has 7 nitrogen and oxygen atoms in total. The van der Waals surface area contributed by atoms with E-state index in [1.54, 1.807) is 6.07 Å². The number of benzene rings is 2. The lowest BCUT2D eigenvalue weighted by Crippen LogP contribution is -2.18. The molecule has 2 N–H and O–H groups in total. The highest BCUT2D eigenvalue weighted by atomic mass is 32.2. The molecule has 146 valence electrons. The number of alkyl carbamates (subject to hydrolysis) is 1. The number of hydrogen-bond donors (Lipinski definition) is 2. The maximum atomic E-state index is 14.3. The minimum atomic E-state index is -4.09. The van der Waals surface area contributed by atoms with E-state index in [-0.39, 0.29) is 28.5 Å². The van der Waals surface area contributed by atoms with E-state index in [9.17, 15) is 22.7 Å². The predicted octanol–water partition coefficient (Wildman–Crippen LogP) is 3.09. The van der Waals surface area contributed by atoms with Crippen LogP contribution in [0.3, 0.4) is 0 Å². The van der Waals surface area contributed by atoms with Gasteiger partial charge in [-0.1, -0.05) is 12.1 Å². The summed E-state index contributed by atoms with van der Waals surface area (Å²) in [6.07, 6.45) is 0.592. The number of amides is 1. The average molecular weight is 404 g/mol. The van der Waals surface area contributed by atoms with E-state index in [0.717, 1.165) is 3.97 Å². The number of carbonyl (C=O) groups excluding carboxylic acids is 1. The van der Waals surface area contributed by atoms with Crippen LogP contribution in [0.1, 0.15) is 5.56 Å². The Bertz CT molecular complexity index is 1110. The molecule has 0 bridgehead atoms. The molecule has 0 saturated heterocycles. The Hall–Kier alpha value is -3.33. The minimum Gasteiger partial charge on any atom is -0.508 e. The molecule has 0 radical (unpaired) electrons. The van der Waals surface area contributed by atoms with Gasteiger partial charge in [0.25, 0.3) is 10.0 Å². The standard InChI is InChI=1S/C19H17FN2O5S/c1-21-19(24)27-12-13-10-18(16-4-2-3-5-17(16)20)22(11-13)28(25,26)15-8-6-14(23)7-9-15/h2-11,23H,12H2,1H3,(H,21,24). The number of carbonyl (C=O) groups is 1. The van der Waals surface area contributed by atoms with E-state index < -0.39 is 21.9 Å². The first-order valence-corrected chi connectivity index (χ1v) is 9.62. The van der Waals surface area contributed by atoms with Crippen molar-refractivity contribution in [2.24, 2.45) is 0 Å². The highest BCUT2D eigenvalue weighted by Crippen LogP contribution is 2.29. The third-order valence-corrected chi connectivity index (χ3v) is 5.65. The smallest absolute Gasteiger partial charge is 0.407 e. The normalized spacial score (nSPS) is 11.2. The Morgan fingerprint density at radius 1 is 1.18 bits per heavy atom. The van der Waals surface area contributed by atoms with Crippen LogP contribution < -0.4 is 5.32 Å². The summed E-state index contributed by atoms with van der Waals surface area (Å²) < 4.78 is 46.4. The summed E-state index contributed by atoms with van der Waals surface area (Å²) in [5.41, 5.74) is 0.530. The largest absolute Gasteiger partial charge is 0.508 e. The van der Waals surface area contributed by atoms with Crippen molar-refractivity contribution in [2.75, 3.05) is 7.05 Å². The van der Waals surface area contributed by atoms with Crippen LogP contribution in [0.25, 0.3) is 11.3 Å². The molecule has 0 atom stereocenters. The lowest BCUT2D eigenvalue weighted by atomic mass is 10.1. The van der Waals surface area contributed by atoms with Crippen LogP contribution >= 0.6 is 0 Å². The van der Waals surface area contributed by atoms with Gasteiger partial charge >= 0.3 is 6.09 Å². The third-order valence-electron chi connectivity index (χ3n) is 3.96. The van der Waals surface area contributed by atoms with Crippen molar-refractivity contribution in [3.05, 3.63) is 72.2 Å². The molecule has 9 heteroatoms. The van der Waals surface area contributed by atoms with Crippen molar-refractivity contribution >= 4 is 16.1 Å². The van der Waals surface area contributed by atoms with E-state index in [1.807, 2.05) is 0 Å². The quantitative estimate of drug-likeness (QED) is 0.681. The third kappa shape index (κ3) is 3.84. The molecular formula is C19H17FN2O5S. The zero-order valence-corrected chi connectivity index (χ0v) is 15.6. The SMILES string of the molecule is CNC(=O)OCc1cc(-c2ccccc2F)n(S(=O)(=O)c2ccc(O)cc2)c1. The maximum absolute atomic E-state index is 14.3. The molecule has 3 rings (SSSR count). The summed E-state index contributed by atoms with van der Waals surface area (Å²) in [5, 5.41) is 11.7. The van der Waals surface area contributed by atoms with Crippen LogP contribution in [0.15, 0.2) is 65.7 Å². The number of phenols is 1. The number of rotatable bonds is 5. The molecule has 0 aliphatic heterocycles. The van der Waals surface area contributed by atoms with Crippen LogP contribution in [0, 0.1) is 5.82 Å². The van der Waals surface area contributed by atoms with Crippen molar-refractivity contribution in [1.29, 1.82) is 0 Å². The zero-order valence-electron chi connectivity index (χ0n) is 14.8. The summed E-state index contributed by atoms with van der Waals surface area (Å²) in [5.74, 6) is -0.679. The molecule has 0 fully saturated rings. The Morgan fingerprint density at radius 3 is 2.50 bits per heavy atom. The van der Waals surface area contributed by atoms with Crippen LogP contribution in [0.2, 0.25) is 0 Å². The molecule has 0 aliphatic rings. The number of ether oxygens (including phenoxy) is 1. The lowest BCUT2D eigenvalue weighted by Gasteiger charge is -2.11. The number of phenolic OH excluding ortho intramolecular Hbond substituents is 1. The van der Waals surface area contributed by atoms with Crippen molar-refractivity contribution in [3.8, 4) is 17.0 Å². The number of aromatic nitrogens is 1. The van der Waals surface area contributed by atoms with Gasteiger partial charge in [0.1, 0.15) is 18.2 Å². The highest BCUT2D eigenvalue weighted by Gasteiger charge is 2.23. The summed E-state index contributed by atoms with van der Waals surface area (Å²) in [4.78, 5) is 11.2. The van der Waals surface area contributed by atoms with Gasteiger partial charge in [-0.3, -0.25) is 0 Å². The number of nitrogens with zero attached hydrogens (tertiary/aromatic N) is 1. The number of nitrogens with one attached hydrogen (secondary N) is 1. The summed E-state index contributed by atoms with van der Waals surface area (Å²) in [7, 11) is -2.70. The van der Waals surface area contributed by atoms with Gasteiger partial charge < -0.3 is 15.2 Å². The second-order valence-electron chi connectivity index (χ2n) is 5.83. The molecule has 0 aliphatic carbocycles. The van der Waals surface area contributed by atoms with E-state index in [0.29, 0.717) is 5.56 Å². The maximum Gasteiger partial charge on any atom is 0.407 e. The van der Waals surface area contributed by atoms with Crippen LogP contribution in [0.4, 0.5) is 9.18 Å². The minimum absolute atomic E-state index is 0.0797. The fourth-order valence-corrected chi connectivity index (χ4v) is 3.98. The number of aromatic hydroxyl groups is 1. The van der Waals surface area contributed by atoms with Crippen molar-refractivity contribution in [1.82, 2.24) is 9.29 Å². The first-order chi connectivity index (χ1) is 13.3. The fourth-order valence-electron chi connectivity index (χ4n) is 2.59. The molecule has 1 aromatic heterocycles. The molecule has 28 heavy (non-hydrogen) atoms. The van der Waals surface area contributed by atoms with Gasteiger partial charge in [-0.2, -0.15) is 0 Å². The first-order valence-electron chi connectivity index (χ1n) is 8.18. The van der Waals surface area contributed by atoms with Gasteiger partial charge in [-0.25, -0.2) is 21.6 Å². The summed E-state index contributed by atoms with van der Waals surface area (Å²) >= 11 is 0. The van der Waals surface area contributed by atoms with Gasteiger partial charge in [0.15, 0.2) is 0 Å². The van der Waals surface area contributed by atoms with Gasteiger partial charge in [0, 0.05) is 24.4 Å². The molecule has 0 unspecified atom stereocenters. The lowest BCUT2D eigenvalue weighted by molar-refractivity contribution is 0.142. The second-order valence-corrected chi connectivity index (χ2v) is 7.65. The average Bonchev–Trinajstić information content (AvgIpc) is 3.11. The van der Waals surface area contributed by atoms with Gasteiger partial charge in [0.05, 0.1) is 10.6 Å². The van der Waals surface area contributed by atoms with Crippen molar-refractivity contribution in [3.63, 3.8) is 0 Å². The Labute approximate surface area is 161 Å². The van der Waals surface area contributed by atoms with Crippen molar-refractivity contribution in [2.45, 2.75) is 11.5 Å². The van der Waals surface area contributed by atoms with E-state index >= 15 is 0 Å². The fraction of sp³-hybridized carbons (Fsp3) is 0.105. The number of halogens is 1. The first kappa shape index (κ1) is 19.4. The molecule has 1 amide bonds. The Morgan fingerprint density at radius 2 is 1.86 bits per heavy atom. The van der Waals surface area contributed by atoms with Gasteiger partial charge in [-0.05, 0) is 42.5 Å². The number of hydrogen-bond acceptors (Lipinski definition) is 5. The topological polar surface area (TPSA) is 97.6 Å². The Balaban J connectivity index is 2.12. The van der Waals surface area contributed by atoms with Crippen LogP contribution in [-0.4, -0.2) is 30.6 Å². The van der Waals surface area contributed by atoms with Gasteiger partial charge in [0.2, 0.25) is 0 Å². The molecule has 3 aromatic rings. The van der Waals surface area contributed by atoms with E-state index in [4.69, 9.17) is 4.74 Å².